The monoisotopic (exact) mass is 400 g/mol. The number of likely N-dealkylation sites (tertiary alicyclic amines) is 1. The number of carbonyl (C=O) groups is 1. The van der Waals surface area contributed by atoms with Gasteiger partial charge in [-0.05, 0) is 32.5 Å². The Balaban J connectivity index is 1.34. The van der Waals surface area contributed by atoms with Crippen molar-refractivity contribution in [1.82, 2.24) is 29.9 Å². The molecule has 1 aromatic heterocycles. The van der Waals surface area contributed by atoms with E-state index in [1.165, 1.54) is 6.07 Å². The molecule has 0 bridgehead atoms. The van der Waals surface area contributed by atoms with E-state index in [0.717, 1.165) is 69.2 Å². The van der Waals surface area contributed by atoms with Crippen molar-refractivity contribution in [3.05, 3.63) is 47.3 Å². The lowest BCUT2D eigenvalue weighted by molar-refractivity contribution is -0.126. The van der Waals surface area contributed by atoms with E-state index in [2.05, 4.69) is 36.9 Å². The quantitative estimate of drug-likeness (QED) is 0.823. The Morgan fingerprint density at radius 2 is 2.07 bits per heavy atom. The molecule has 156 valence electrons. The average molecular weight is 401 g/mol. The maximum Gasteiger partial charge on any atom is 0.224 e. The maximum atomic E-state index is 14.0. The Bertz CT molecular complexity index is 853. The molecule has 3 heterocycles. The van der Waals surface area contributed by atoms with Gasteiger partial charge in [0, 0.05) is 44.7 Å². The highest BCUT2D eigenvalue weighted by atomic mass is 19.1. The smallest absolute Gasteiger partial charge is 0.224 e. The number of carbonyl (C=O) groups excluding carboxylic acids is 1. The van der Waals surface area contributed by atoms with Gasteiger partial charge in [0.05, 0.1) is 12.5 Å². The van der Waals surface area contributed by atoms with E-state index in [-0.39, 0.29) is 17.6 Å². The fourth-order valence-electron chi connectivity index (χ4n) is 4.27. The molecule has 1 amide bonds. The summed E-state index contributed by atoms with van der Waals surface area (Å²) in [6.45, 7) is 5.22. The summed E-state index contributed by atoms with van der Waals surface area (Å²) in [5.41, 5.74) is 0.718. The minimum Gasteiger partial charge on any atom is -0.349 e. The topological polar surface area (TPSA) is 66.3 Å². The van der Waals surface area contributed by atoms with Crippen LogP contribution in [0.3, 0.4) is 0 Å². The zero-order valence-electron chi connectivity index (χ0n) is 17.0. The number of aromatic nitrogens is 3. The lowest BCUT2D eigenvalue weighted by Crippen LogP contribution is -2.41. The maximum absolute atomic E-state index is 14.0. The second kappa shape index (κ2) is 9.00. The van der Waals surface area contributed by atoms with Crippen LogP contribution in [-0.4, -0.2) is 63.7 Å². The van der Waals surface area contributed by atoms with E-state index < -0.39 is 0 Å². The highest BCUT2D eigenvalue weighted by Crippen LogP contribution is 2.16. The van der Waals surface area contributed by atoms with Crippen molar-refractivity contribution < 1.29 is 9.18 Å². The van der Waals surface area contributed by atoms with Gasteiger partial charge < -0.3 is 14.8 Å². The number of halogens is 1. The van der Waals surface area contributed by atoms with Gasteiger partial charge in [-0.2, -0.15) is 0 Å². The van der Waals surface area contributed by atoms with E-state index in [4.69, 9.17) is 0 Å². The van der Waals surface area contributed by atoms with Crippen molar-refractivity contribution in [2.24, 2.45) is 5.92 Å². The Labute approximate surface area is 170 Å². The van der Waals surface area contributed by atoms with Gasteiger partial charge in [0.1, 0.15) is 11.6 Å². The number of piperidine rings is 1. The highest BCUT2D eigenvalue weighted by molar-refractivity contribution is 5.78. The van der Waals surface area contributed by atoms with Gasteiger partial charge in [-0.1, -0.05) is 18.2 Å². The van der Waals surface area contributed by atoms with Crippen molar-refractivity contribution in [3.8, 4) is 0 Å². The summed E-state index contributed by atoms with van der Waals surface area (Å²) in [6.07, 6.45) is 2.77. The third kappa shape index (κ3) is 4.82. The van der Waals surface area contributed by atoms with Gasteiger partial charge in [-0.15, -0.1) is 10.2 Å². The van der Waals surface area contributed by atoms with Crippen LogP contribution >= 0.6 is 0 Å². The van der Waals surface area contributed by atoms with Crippen LogP contribution in [0.4, 0.5) is 4.39 Å². The molecule has 0 aliphatic carbocycles. The van der Waals surface area contributed by atoms with Gasteiger partial charge in [-0.25, -0.2) is 4.39 Å². The molecule has 2 aliphatic heterocycles. The predicted octanol–water partition coefficient (Wildman–Crippen LogP) is 1.43. The van der Waals surface area contributed by atoms with Crippen LogP contribution in [0.5, 0.6) is 0 Å². The van der Waals surface area contributed by atoms with Crippen LogP contribution in [-0.2, 0) is 30.8 Å². The van der Waals surface area contributed by atoms with Crippen LogP contribution in [0.2, 0.25) is 0 Å². The summed E-state index contributed by atoms with van der Waals surface area (Å²) in [5, 5.41) is 11.7. The zero-order chi connectivity index (χ0) is 20.2. The van der Waals surface area contributed by atoms with Gasteiger partial charge >= 0.3 is 0 Å². The average Bonchev–Trinajstić information content (AvgIpc) is 3.00. The van der Waals surface area contributed by atoms with Gasteiger partial charge in [0.2, 0.25) is 5.91 Å². The first kappa shape index (κ1) is 20.0. The van der Waals surface area contributed by atoms with E-state index >= 15 is 0 Å². The number of fused-ring (bicyclic) bond motifs is 1. The lowest BCUT2D eigenvalue weighted by Gasteiger charge is -2.28. The first-order valence-electron chi connectivity index (χ1n) is 10.4. The van der Waals surface area contributed by atoms with Gasteiger partial charge in [-0.3, -0.25) is 9.69 Å². The molecular formula is C21H29FN6O. The van der Waals surface area contributed by atoms with Gasteiger partial charge in [0.25, 0.3) is 0 Å². The third-order valence-corrected chi connectivity index (χ3v) is 5.96. The number of rotatable bonds is 5. The fourth-order valence-corrected chi connectivity index (χ4v) is 4.27. The molecular weight excluding hydrogens is 371 g/mol. The molecule has 1 aromatic carbocycles. The molecule has 0 saturated carbocycles. The Hall–Kier alpha value is -2.32. The molecule has 2 aromatic rings. The Morgan fingerprint density at radius 1 is 1.21 bits per heavy atom. The third-order valence-electron chi connectivity index (χ3n) is 5.96. The van der Waals surface area contributed by atoms with Crippen molar-refractivity contribution in [2.75, 3.05) is 33.2 Å². The molecule has 0 spiro atoms. The molecule has 29 heavy (non-hydrogen) atoms. The minimum atomic E-state index is -0.159. The summed E-state index contributed by atoms with van der Waals surface area (Å²) in [5.74, 6) is 1.72. The number of amides is 1. The second-order valence-electron chi connectivity index (χ2n) is 8.12. The SMILES string of the molecule is CN1CCCC(C(=O)NCc2nnc3n2CCN(Cc2ccccc2F)CC3)C1. The molecule has 7 nitrogen and oxygen atoms in total. The molecule has 1 atom stereocenters. The summed E-state index contributed by atoms with van der Waals surface area (Å²) < 4.78 is 16.1. The largest absolute Gasteiger partial charge is 0.349 e. The highest BCUT2D eigenvalue weighted by Gasteiger charge is 2.25. The molecule has 2 aliphatic rings. The number of hydrogen-bond acceptors (Lipinski definition) is 5. The van der Waals surface area contributed by atoms with Crippen molar-refractivity contribution >= 4 is 5.91 Å². The van der Waals surface area contributed by atoms with Crippen molar-refractivity contribution in [1.29, 1.82) is 0 Å². The number of nitrogens with zero attached hydrogens (tertiary/aromatic N) is 5. The first-order valence-corrected chi connectivity index (χ1v) is 10.4. The summed E-state index contributed by atoms with van der Waals surface area (Å²) in [6, 6.07) is 6.93. The summed E-state index contributed by atoms with van der Waals surface area (Å²) in [7, 11) is 2.06. The fraction of sp³-hybridized carbons (Fsp3) is 0.571. The molecule has 8 heteroatoms. The van der Waals surface area contributed by atoms with Gasteiger partial charge in [0.15, 0.2) is 5.82 Å². The molecule has 4 rings (SSSR count). The normalized spacial score (nSPS) is 20.8. The number of benzene rings is 1. The van der Waals surface area contributed by atoms with E-state index in [0.29, 0.717) is 13.1 Å². The van der Waals surface area contributed by atoms with E-state index in [9.17, 15) is 9.18 Å². The van der Waals surface area contributed by atoms with Crippen molar-refractivity contribution in [3.63, 3.8) is 0 Å². The molecule has 1 unspecified atom stereocenters. The zero-order valence-corrected chi connectivity index (χ0v) is 17.0. The molecule has 0 radical (unpaired) electrons. The first-order chi connectivity index (χ1) is 14.1. The predicted molar refractivity (Wildman–Crippen MR) is 107 cm³/mol. The van der Waals surface area contributed by atoms with Crippen LogP contribution in [0.25, 0.3) is 0 Å². The lowest BCUT2D eigenvalue weighted by atomic mass is 9.98. The van der Waals surface area contributed by atoms with E-state index in [1.807, 2.05) is 12.1 Å². The molecule has 1 N–H and O–H groups in total. The van der Waals surface area contributed by atoms with Crippen LogP contribution in [0, 0.1) is 11.7 Å². The number of hydrogen-bond donors (Lipinski definition) is 1. The Kier molecular flexibility index (Phi) is 6.20. The van der Waals surface area contributed by atoms with Crippen LogP contribution < -0.4 is 5.32 Å². The van der Waals surface area contributed by atoms with Crippen LogP contribution in [0.1, 0.15) is 30.1 Å². The second-order valence-corrected chi connectivity index (χ2v) is 8.12. The standard InChI is InChI=1S/C21H29FN6O/c1-26-9-4-6-17(14-26)21(29)23-13-20-25-24-19-8-10-27(11-12-28(19)20)15-16-5-2-3-7-18(16)22/h2-3,5,7,17H,4,6,8-15H2,1H3,(H,23,29). The van der Waals surface area contributed by atoms with Crippen molar-refractivity contribution in [2.45, 2.75) is 38.9 Å². The summed E-state index contributed by atoms with van der Waals surface area (Å²) >= 11 is 0. The molecule has 1 fully saturated rings. The van der Waals surface area contributed by atoms with Crippen LogP contribution in [0.15, 0.2) is 24.3 Å². The minimum absolute atomic E-state index is 0.0523. The number of nitrogens with one attached hydrogen (secondary N) is 1. The van der Waals surface area contributed by atoms with E-state index in [1.54, 1.807) is 6.07 Å². The molecule has 1 saturated heterocycles. The Morgan fingerprint density at radius 3 is 2.90 bits per heavy atom. The summed E-state index contributed by atoms with van der Waals surface area (Å²) in [4.78, 5) is 17.0.